The smallest absolute Gasteiger partial charge is 0.304 e. The van der Waals surface area contributed by atoms with Crippen LogP contribution in [0.25, 0.3) is 0 Å². The number of aryl methyl sites for hydroxylation is 2. The number of amides is 1. The van der Waals surface area contributed by atoms with Crippen molar-refractivity contribution < 1.29 is 14.7 Å². The third-order valence-corrected chi connectivity index (χ3v) is 3.03. The Labute approximate surface area is 105 Å². The molecule has 1 aromatic rings. The Bertz CT molecular complexity index is 511. The van der Waals surface area contributed by atoms with Gasteiger partial charge in [-0.3, -0.25) is 9.59 Å². The summed E-state index contributed by atoms with van der Waals surface area (Å²) in [5.41, 5.74) is 3.88. The van der Waals surface area contributed by atoms with Gasteiger partial charge in [-0.25, -0.2) is 0 Å². The molecule has 0 fully saturated rings. The number of carbonyl (C=O) groups excluding carboxylic acids is 1. The highest BCUT2D eigenvalue weighted by Crippen LogP contribution is 2.34. The first-order valence-electron chi connectivity index (χ1n) is 5.86. The van der Waals surface area contributed by atoms with Crippen molar-refractivity contribution in [3.63, 3.8) is 0 Å². The fourth-order valence-electron chi connectivity index (χ4n) is 2.32. The van der Waals surface area contributed by atoms with E-state index >= 15 is 0 Å². The van der Waals surface area contributed by atoms with Gasteiger partial charge in [0.2, 0.25) is 5.91 Å². The molecular formula is C13H16N2O3. The normalized spacial score (nSPS) is 17.4. The van der Waals surface area contributed by atoms with E-state index in [0.717, 1.165) is 22.4 Å². The zero-order chi connectivity index (χ0) is 13.3. The molecule has 5 heteroatoms. The van der Waals surface area contributed by atoms with Crippen LogP contribution in [0.4, 0.5) is 5.69 Å². The van der Waals surface area contributed by atoms with Crippen LogP contribution in [0.2, 0.25) is 0 Å². The lowest BCUT2D eigenvalue weighted by Crippen LogP contribution is -2.29. The van der Waals surface area contributed by atoms with Crippen LogP contribution in [0.5, 0.6) is 0 Å². The number of carboxylic acids is 1. The Hall–Kier alpha value is -1.88. The van der Waals surface area contributed by atoms with Gasteiger partial charge < -0.3 is 15.7 Å². The third-order valence-electron chi connectivity index (χ3n) is 3.03. The molecule has 1 aromatic carbocycles. The average Bonchev–Trinajstić information content (AvgIpc) is 2.54. The fourth-order valence-corrected chi connectivity index (χ4v) is 2.32. The molecule has 1 unspecified atom stereocenters. The lowest BCUT2D eigenvalue weighted by atomic mass is 10.00. The van der Waals surface area contributed by atoms with E-state index in [0.29, 0.717) is 0 Å². The first-order chi connectivity index (χ1) is 8.49. The number of benzene rings is 1. The lowest BCUT2D eigenvalue weighted by molar-refractivity contribution is -0.137. The minimum Gasteiger partial charge on any atom is -0.481 e. The average molecular weight is 248 g/mol. The second-order valence-corrected chi connectivity index (χ2v) is 4.56. The highest BCUT2D eigenvalue weighted by molar-refractivity contribution is 6.03. The van der Waals surface area contributed by atoms with Crippen molar-refractivity contribution in [1.82, 2.24) is 5.32 Å². The van der Waals surface area contributed by atoms with Gasteiger partial charge in [0.05, 0.1) is 6.42 Å². The second kappa shape index (κ2) is 4.78. The summed E-state index contributed by atoms with van der Waals surface area (Å²) in [4.78, 5) is 22.3. The summed E-state index contributed by atoms with van der Waals surface area (Å²) in [5.74, 6) is -0.995. The molecule has 18 heavy (non-hydrogen) atoms. The third kappa shape index (κ3) is 2.36. The number of nitrogens with one attached hydrogen (secondary N) is 2. The molecule has 0 aromatic heterocycles. The van der Waals surface area contributed by atoms with E-state index in [2.05, 4.69) is 10.6 Å². The zero-order valence-corrected chi connectivity index (χ0v) is 10.4. The summed E-state index contributed by atoms with van der Waals surface area (Å²) in [6.07, 6.45) is 0.00399. The van der Waals surface area contributed by atoms with Gasteiger partial charge in [0.25, 0.3) is 0 Å². The maximum atomic E-state index is 11.8. The van der Waals surface area contributed by atoms with Gasteiger partial charge in [0, 0.05) is 17.8 Å². The largest absolute Gasteiger partial charge is 0.481 e. The van der Waals surface area contributed by atoms with Crippen molar-refractivity contribution >= 4 is 17.6 Å². The maximum Gasteiger partial charge on any atom is 0.304 e. The van der Waals surface area contributed by atoms with E-state index in [-0.39, 0.29) is 18.9 Å². The second-order valence-electron chi connectivity index (χ2n) is 4.56. The van der Waals surface area contributed by atoms with Crippen LogP contribution in [0.1, 0.15) is 29.2 Å². The SMILES string of the molecule is Cc1cc(C)c2c(c1)NC(=O)C2NCCC(=O)O. The Morgan fingerprint density at radius 2 is 2.17 bits per heavy atom. The van der Waals surface area contributed by atoms with Crippen LogP contribution in [0, 0.1) is 13.8 Å². The van der Waals surface area contributed by atoms with Crippen molar-refractivity contribution in [3.8, 4) is 0 Å². The van der Waals surface area contributed by atoms with Crippen molar-refractivity contribution in [2.45, 2.75) is 26.3 Å². The Kier molecular flexibility index (Phi) is 3.34. The van der Waals surface area contributed by atoms with Gasteiger partial charge in [0.1, 0.15) is 6.04 Å². The molecule has 3 N–H and O–H groups in total. The summed E-state index contributed by atoms with van der Waals surface area (Å²) < 4.78 is 0. The van der Waals surface area contributed by atoms with Crippen LogP contribution in [-0.2, 0) is 9.59 Å². The minimum atomic E-state index is -0.873. The van der Waals surface area contributed by atoms with E-state index in [9.17, 15) is 9.59 Å². The first kappa shape index (κ1) is 12.6. The molecule has 1 atom stereocenters. The number of hydrogen-bond donors (Lipinski definition) is 3. The van der Waals surface area contributed by atoms with Crippen LogP contribution >= 0.6 is 0 Å². The van der Waals surface area contributed by atoms with Crippen LogP contribution in [0.15, 0.2) is 12.1 Å². The highest BCUT2D eigenvalue weighted by atomic mass is 16.4. The van der Waals surface area contributed by atoms with Crippen LogP contribution < -0.4 is 10.6 Å². The summed E-state index contributed by atoms with van der Waals surface area (Å²) in [5, 5.41) is 14.4. The van der Waals surface area contributed by atoms with E-state index in [1.54, 1.807) is 0 Å². The van der Waals surface area contributed by atoms with Crippen molar-refractivity contribution in [1.29, 1.82) is 0 Å². The number of hydrogen-bond acceptors (Lipinski definition) is 3. The minimum absolute atomic E-state index is 0.00399. The number of carbonyl (C=O) groups is 2. The number of aliphatic carboxylic acids is 1. The molecule has 0 radical (unpaired) electrons. The quantitative estimate of drug-likeness (QED) is 0.751. The van der Waals surface area contributed by atoms with Crippen molar-refractivity contribution in [3.05, 3.63) is 28.8 Å². The Morgan fingerprint density at radius 3 is 2.83 bits per heavy atom. The van der Waals surface area contributed by atoms with E-state index in [1.807, 2.05) is 26.0 Å². The first-order valence-corrected chi connectivity index (χ1v) is 5.86. The molecule has 0 saturated heterocycles. The highest BCUT2D eigenvalue weighted by Gasteiger charge is 2.31. The molecule has 1 amide bonds. The number of carboxylic acid groups (broad SMARTS) is 1. The summed E-state index contributed by atoms with van der Waals surface area (Å²) in [7, 11) is 0. The molecule has 1 aliphatic rings. The number of fused-ring (bicyclic) bond motifs is 1. The predicted molar refractivity (Wildman–Crippen MR) is 67.5 cm³/mol. The zero-order valence-electron chi connectivity index (χ0n) is 10.4. The monoisotopic (exact) mass is 248 g/mol. The van der Waals surface area contributed by atoms with Crippen LogP contribution in [-0.4, -0.2) is 23.5 Å². The number of anilines is 1. The van der Waals surface area contributed by atoms with E-state index in [1.165, 1.54) is 0 Å². The Balaban J connectivity index is 2.19. The molecule has 0 bridgehead atoms. The van der Waals surface area contributed by atoms with Gasteiger partial charge in [-0.05, 0) is 31.0 Å². The molecular weight excluding hydrogens is 232 g/mol. The van der Waals surface area contributed by atoms with Crippen LogP contribution in [0.3, 0.4) is 0 Å². The standard InChI is InChI=1S/C13H16N2O3/c1-7-5-8(2)11-9(6-7)15-13(18)12(11)14-4-3-10(16)17/h5-6,12,14H,3-4H2,1-2H3,(H,15,18)(H,16,17). The predicted octanol–water partition coefficient (Wildman–Crippen LogP) is 1.36. The maximum absolute atomic E-state index is 11.8. The van der Waals surface area contributed by atoms with Gasteiger partial charge in [0.15, 0.2) is 0 Å². The Morgan fingerprint density at radius 1 is 1.44 bits per heavy atom. The van der Waals surface area contributed by atoms with E-state index < -0.39 is 12.0 Å². The van der Waals surface area contributed by atoms with Gasteiger partial charge in [-0.15, -0.1) is 0 Å². The van der Waals surface area contributed by atoms with Gasteiger partial charge in [-0.1, -0.05) is 6.07 Å². The van der Waals surface area contributed by atoms with E-state index in [4.69, 9.17) is 5.11 Å². The van der Waals surface area contributed by atoms with Crippen molar-refractivity contribution in [2.24, 2.45) is 0 Å². The summed E-state index contributed by atoms with van der Waals surface area (Å²) in [6.45, 7) is 4.21. The fraction of sp³-hybridized carbons (Fsp3) is 0.385. The topological polar surface area (TPSA) is 78.4 Å². The van der Waals surface area contributed by atoms with Crippen molar-refractivity contribution in [2.75, 3.05) is 11.9 Å². The molecule has 1 heterocycles. The molecule has 0 spiro atoms. The molecule has 0 saturated carbocycles. The molecule has 5 nitrogen and oxygen atoms in total. The molecule has 1 aliphatic heterocycles. The number of rotatable bonds is 4. The molecule has 96 valence electrons. The lowest BCUT2D eigenvalue weighted by Gasteiger charge is -2.13. The molecule has 2 rings (SSSR count). The summed E-state index contributed by atoms with van der Waals surface area (Å²) >= 11 is 0. The molecule has 0 aliphatic carbocycles. The summed E-state index contributed by atoms with van der Waals surface area (Å²) in [6, 6.07) is 3.50. The van der Waals surface area contributed by atoms with Gasteiger partial charge in [-0.2, -0.15) is 0 Å². The van der Waals surface area contributed by atoms with Gasteiger partial charge >= 0.3 is 5.97 Å².